The fraction of sp³-hybridized carbons (Fsp3) is 0.0667. The van der Waals surface area contributed by atoms with Crippen LogP contribution >= 0.6 is 23.2 Å². The standard InChI is InChI=1S/C15H11Cl2N5O3/c16-9-4-10(17)6-11(5-9)21-15-13(22(23)24)14(19-8-20-15)18-7-12-2-1-3-25-12/h1-6,8H,7H2,(H2,18,19,20,21). The van der Waals surface area contributed by atoms with Crippen LogP contribution < -0.4 is 10.6 Å². The predicted octanol–water partition coefficient (Wildman–Crippen LogP) is 4.64. The van der Waals surface area contributed by atoms with Gasteiger partial charge in [0, 0.05) is 15.7 Å². The first-order valence-corrected chi connectivity index (χ1v) is 7.77. The zero-order chi connectivity index (χ0) is 17.8. The number of benzene rings is 1. The molecule has 0 atom stereocenters. The first-order chi connectivity index (χ1) is 12.0. The number of anilines is 3. The molecular weight excluding hydrogens is 369 g/mol. The minimum Gasteiger partial charge on any atom is -0.467 e. The Morgan fingerprint density at radius 2 is 1.88 bits per heavy atom. The minimum atomic E-state index is -0.570. The van der Waals surface area contributed by atoms with Crippen molar-refractivity contribution in [3.63, 3.8) is 0 Å². The van der Waals surface area contributed by atoms with Gasteiger partial charge >= 0.3 is 5.69 Å². The summed E-state index contributed by atoms with van der Waals surface area (Å²) >= 11 is 11.9. The monoisotopic (exact) mass is 379 g/mol. The van der Waals surface area contributed by atoms with Gasteiger partial charge in [-0.3, -0.25) is 10.1 Å². The van der Waals surface area contributed by atoms with Gasteiger partial charge in [0.15, 0.2) is 0 Å². The molecule has 0 bridgehead atoms. The van der Waals surface area contributed by atoms with E-state index in [9.17, 15) is 10.1 Å². The van der Waals surface area contributed by atoms with Crippen LogP contribution in [0.3, 0.4) is 0 Å². The third-order valence-corrected chi connectivity index (χ3v) is 3.58. The van der Waals surface area contributed by atoms with Gasteiger partial charge in [0.05, 0.1) is 17.7 Å². The molecule has 0 saturated carbocycles. The van der Waals surface area contributed by atoms with Crippen LogP contribution in [0.15, 0.2) is 47.3 Å². The maximum absolute atomic E-state index is 11.5. The molecule has 10 heteroatoms. The lowest BCUT2D eigenvalue weighted by molar-refractivity contribution is -0.383. The number of furan rings is 1. The molecule has 25 heavy (non-hydrogen) atoms. The molecule has 0 saturated heterocycles. The van der Waals surface area contributed by atoms with E-state index in [4.69, 9.17) is 27.6 Å². The third-order valence-electron chi connectivity index (χ3n) is 3.14. The van der Waals surface area contributed by atoms with E-state index in [-0.39, 0.29) is 23.9 Å². The van der Waals surface area contributed by atoms with Crippen molar-refractivity contribution < 1.29 is 9.34 Å². The van der Waals surface area contributed by atoms with Gasteiger partial charge in [-0.15, -0.1) is 0 Å². The largest absolute Gasteiger partial charge is 0.467 e. The van der Waals surface area contributed by atoms with E-state index >= 15 is 0 Å². The van der Waals surface area contributed by atoms with Gasteiger partial charge in [-0.1, -0.05) is 23.2 Å². The molecule has 3 aromatic rings. The van der Waals surface area contributed by atoms with E-state index in [0.717, 1.165) is 0 Å². The number of hydrogen-bond acceptors (Lipinski definition) is 7. The highest BCUT2D eigenvalue weighted by molar-refractivity contribution is 6.35. The zero-order valence-corrected chi connectivity index (χ0v) is 14.1. The summed E-state index contributed by atoms with van der Waals surface area (Å²) in [5.74, 6) is 0.691. The van der Waals surface area contributed by atoms with Crippen molar-refractivity contribution in [1.82, 2.24) is 9.97 Å². The molecule has 2 N–H and O–H groups in total. The minimum absolute atomic E-state index is 0.0141. The highest BCUT2D eigenvalue weighted by Gasteiger charge is 2.23. The summed E-state index contributed by atoms with van der Waals surface area (Å²) in [6.07, 6.45) is 2.73. The average Bonchev–Trinajstić information content (AvgIpc) is 3.05. The summed E-state index contributed by atoms with van der Waals surface area (Å²) in [6.45, 7) is 0.243. The van der Waals surface area contributed by atoms with Crippen molar-refractivity contribution in [2.24, 2.45) is 0 Å². The topological polar surface area (TPSA) is 106 Å². The number of aromatic nitrogens is 2. The van der Waals surface area contributed by atoms with Crippen LogP contribution in [0.5, 0.6) is 0 Å². The van der Waals surface area contributed by atoms with Gasteiger partial charge in [-0.05, 0) is 30.3 Å². The highest BCUT2D eigenvalue weighted by Crippen LogP contribution is 2.33. The average molecular weight is 380 g/mol. The molecule has 0 aliphatic heterocycles. The summed E-state index contributed by atoms with van der Waals surface area (Å²) in [6, 6.07) is 8.18. The zero-order valence-electron chi connectivity index (χ0n) is 12.6. The van der Waals surface area contributed by atoms with Crippen molar-refractivity contribution in [2.75, 3.05) is 10.6 Å². The fourth-order valence-corrected chi connectivity index (χ4v) is 2.65. The highest BCUT2D eigenvalue weighted by atomic mass is 35.5. The van der Waals surface area contributed by atoms with E-state index in [2.05, 4.69) is 20.6 Å². The Balaban J connectivity index is 1.90. The van der Waals surface area contributed by atoms with E-state index in [1.54, 1.807) is 30.3 Å². The summed E-state index contributed by atoms with van der Waals surface area (Å²) < 4.78 is 5.19. The van der Waals surface area contributed by atoms with Crippen LogP contribution in [0, 0.1) is 10.1 Å². The molecule has 1 aromatic carbocycles. The van der Waals surface area contributed by atoms with E-state index in [1.165, 1.54) is 12.6 Å². The van der Waals surface area contributed by atoms with Crippen LogP contribution in [0.4, 0.5) is 23.0 Å². The smallest absolute Gasteiger partial charge is 0.353 e. The molecule has 2 heterocycles. The number of halogens is 2. The second-order valence-electron chi connectivity index (χ2n) is 4.89. The molecule has 3 rings (SSSR count). The van der Waals surface area contributed by atoms with E-state index in [1.807, 2.05) is 0 Å². The lowest BCUT2D eigenvalue weighted by Crippen LogP contribution is -2.08. The summed E-state index contributed by atoms with van der Waals surface area (Å²) in [5, 5.41) is 18.0. The van der Waals surface area contributed by atoms with Gasteiger partial charge in [0.1, 0.15) is 12.1 Å². The maximum Gasteiger partial charge on any atom is 0.353 e. The first kappa shape index (κ1) is 17.0. The summed E-state index contributed by atoms with van der Waals surface area (Å²) in [5.41, 5.74) is 0.168. The van der Waals surface area contributed by atoms with Crippen molar-refractivity contribution in [2.45, 2.75) is 6.54 Å². The van der Waals surface area contributed by atoms with Crippen LogP contribution in [0.1, 0.15) is 5.76 Å². The van der Waals surface area contributed by atoms with Crippen molar-refractivity contribution in [3.8, 4) is 0 Å². The van der Waals surface area contributed by atoms with E-state index < -0.39 is 4.92 Å². The number of nitro groups is 1. The Kier molecular flexibility index (Phi) is 5.01. The van der Waals surface area contributed by atoms with Crippen LogP contribution in [-0.2, 0) is 6.54 Å². The van der Waals surface area contributed by atoms with Gasteiger partial charge in [0.2, 0.25) is 11.6 Å². The molecule has 0 radical (unpaired) electrons. The normalized spacial score (nSPS) is 10.5. The van der Waals surface area contributed by atoms with Crippen LogP contribution in [0.25, 0.3) is 0 Å². The summed E-state index contributed by atoms with van der Waals surface area (Å²) in [7, 11) is 0. The van der Waals surface area contributed by atoms with Crippen molar-refractivity contribution in [1.29, 1.82) is 0 Å². The lowest BCUT2D eigenvalue weighted by atomic mass is 10.3. The third kappa shape index (κ3) is 4.17. The van der Waals surface area contributed by atoms with Gasteiger partial charge in [-0.2, -0.15) is 0 Å². The molecule has 0 unspecified atom stereocenters. The molecule has 0 fully saturated rings. The SMILES string of the molecule is O=[N+]([O-])c1c(NCc2ccco2)ncnc1Nc1cc(Cl)cc(Cl)c1. The first-order valence-electron chi connectivity index (χ1n) is 7.01. The Labute approximate surface area is 152 Å². The molecule has 2 aromatic heterocycles. The van der Waals surface area contributed by atoms with Crippen LogP contribution in [-0.4, -0.2) is 14.9 Å². The maximum atomic E-state index is 11.5. The Morgan fingerprint density at radius 3 is 2.52 bits per heavy atom. The second kappa shape index (κ2) is 7.37. The molecule has 0 aliphatic carbocycles. The lowest BCUT2D eigenvalue weighted by Gasteiger charge is -2.10. The van der Waals surface area contributed by atoms with Gasteiger partial charge in [-0.25, -0.2) is 9.97 Å². The van der Waals surface area contributed by atoms with Crippen LogP contribution in [0.2, 0.25) is 10.0 Å². The van der Waals surface area contributed by atoms with Gasteiger partial charge in [0.25, 0.3) is 0 Å². The summed E-state index contributed by atoms with van der Waals surface area (Å²) in [4.78, 5) is 18.8. The van der Waals surface area contributed by atoms with Gasteiger partial charge < -0.3 is 15.1 Å². The molecule has 0 aliphatic rings. The Morgan fingerprint density at radius 1 is 1.16 bits per heavy atom. The Bertz CT molecular complexity index is 882. The molecule has 128 valence electrons. The number of rotatable bonds is 6. The number of nitrogens with one attached hydrogen (secondary N) is 2. The van der Waals surface area contributed by atoms with Crippen molar-refractivity contribution >= 4 is 46.2 Å². The molecular formula is C15H11Cl2N5O3. The quantitative estimate of drug-likeness (QED) is 0.474. The molecule has 0 amide bonds. The molecule has 0 spiro atoms. The fourth-order valence-electron chi connectivity index (χ4n) is 2.12. The van der Waals surface area contributed by atoms with Crippen molar-refractivity contribution in [3.05, 3.63) is 68.8 Å². The number of nitrogens with zero attached hydrogens (tertiary/aromatic N) is 3. The predicted molar refractivity (Wildman–Crippen MR) is 94.5 cm³/mol. The number of hydrogen-bond donors (Lipinski definition) is 2. The van der Waals surface area contributed by atoms with E-state index in [0.29, 0.717) is 21.5 Å². The molecule has 8 nitrogen and oxygen atoms in total. The Hall–Kier alpha value is -2.84. The second-order valence-corrected chi connectivity index (χ2v) is 5.77.